The lowest BCUT2D eigenvalue weighted by Crippen LogP contribution is -2.28. The van der Waals surface area contributed by atoms with Crippen molar-refractivity contribution in [3.05, 3.63) is 80.9 Å². The Labute approximate surface area is 211 Å². The number of carbonyl (C=O) groups excluding carboxylic acids is 1. The summed E-state index contributed by atoms with van der Waals surface area (Å²) in [6, 6.07) is 10.2. The number of nitrogens with one attached hydrogen (secondary N) is 1. The van der Waals surface area contributed by atoms with E-state index in [1.54, 1.807) is 13.2 Å². The number of benzene rings is 1. The van der Waals surface area contributed by atoms with Crippen molar-refractivity contribution in [1.29, 1.82) is 0 Å². The fraction of sp³-hybridized carbons (Fsp3) is 0.414. The van der Waals surface area contributed by atoms with Crippen LogP contribution in [0.15, 0.2) is 41.3 Å². The molecule has 5 rings (SSSR count). The van der Waals surface area contributed by atoms with E-state index < -0.39 is 0 Å². The van der Waals surface area contributed by atoms with Crippen molar-refractivity contribution < 1.29 is 9.53 Å². The molecule has 1 aliphatic rings. The zero-order valence-corrected chi connectivity index (χ0v) is 21.7. The molecule has 36 heavy (non-hydrogen) atoms. The number of para-hydroxylation sites is 1. The third kappa shape index (κ3) is 4.06. The summed E-state index contributed by atoms with van der Waals surface area (Å²) in [5.41, 5.74) is 5.10. The molecule has 7 heteroatoms. The highest BCUT2D eigenvalue weighted by Crippen LogP contribution is 2.36. The van der Waals surface area contributed by atoms with Crippen molar-refractivity contribution in [3.8, 4) is 5.75 Å². The Hall–Kier alpha value is -3.61. The molecule has 0 amide bonds. The molecule has 188 valence electrons. The van der Waals surface area contributed by atoms with Crippen LogP contribution in [0, 0.1) is 26.7 Å². The van der Waals surface area contributed by atoms with Crippen LogP contribution in [0.1, 0.15) is 64.6 Å². The van der Waals surface area contributed by atoms with E-state index in [0.717, 1.165) is 47.2 Å². The van der Waals surface area contributed by atoms with Gasteiger partial charge in [0.25, 0.3) is 5.56 Å². The monoisotopic (exact) mass is 486 g/mol. The number of ketones is 1. The van der Waals surface area contributed by atoms with E-state index in [-0.39, 0.29) is 23.8 Å². The molecule has 2 atom stereocenters. The van der Waals surface area contributed by atoms with Crippen molar-refractivity contribution in [2.24, 2.45) is 5.92 Å². The van der Waals surface area contributed by atoms with E-state index in [9.17, 15) is 9.59 Å². The summed E-state index contributed by atoms with van der Waals surface area (Å²) in [6.07, 6.45) is 4.58. The molecule has 1 aliphatic heterocycles. The topological polar surface area (TPSA) is 81.9 Å². The summed E-state index contributed by atoms with van der Waals surface area (Å²) >= 11 is 0. The number of aryl methyl sites for hydroxylation is 3. The van der Waals surface area contributed by atoms with Gasteiger partial charge in [0.1, 0.15) is 11.6 Å². The predicted octanol–water partition coefficient (Wildman–Crippen LogP) is 5.10. The Bertz CT molecular complexity index is 1510. The SMILES string of the molecule is COc1cc(C)[nH]c(=O)c1CCC(=O)c1c(C)n([C@H](C)C2CCc3ncc(C)n3C2)c2ccccc12. The summed E-state index contributed by atoms with van der Waals surface area (Å²) in [5, 5.41) is 0.979. The Morgan fingerprint density at radius 1 is 1.25 bits per heavy atom. The Balaban J connectivity index is 1.47. The van der Waals surface area contributed by atoms with Crippen LogP contribution in [0.25, 0.3) is 10.9 Å². The summed E-state index contributed by atoms with van der Waals surface area (Å²) in [6.45, 7) is 9.20. The van der Waals surface area contributed by atoms with Gasteiger partial charge in [-0.15, -0.1) is 0 Å². The van der Waals surface area contributed by atoms with Gasteiger partial charge < -0.3 is 18.9 Å². The zero-order valence-electron chi connectivity index (χ0n) is 21.7. The van der Waals surface area contributed by atoms with Crippen LogP contribution in [0.3, 0.4) is 0 Å². The van der Waals surface area contributed by atoms with Crippen LogP contribution in [-0.4, -0.2) is 32.0 Å². The molecule has 0 bridgehead atoms. The molecular weight excluding hydrogens is 452 g/mol. The molecule has 0 radical (unpaired) electrons. The molecule has 0 spiro atoms. The second-order valence-corrected chi connectivity index (χ2v) is 10.1. The van der Waals surface area contributed by atoms with Gasteiger partial charge in [0.05, 0.1) is 12.7 Å². The second-order valence-electron chi connectivity index (χ2n) is 10.1. The minimum absolute atomic E-state index is 0.0491. The molecule has 0 fully saturated rings. The quantitative estimate of drug-likeness (QED) is 0.369. The summed E-state index contributed by atoms with van der Waals surface area (Å²) < 4.78 is 10.1. The number of imidazole rings is 1. The van der Waals surface area contributed by atoms with Crippen molar-refractivity contribution in [3.63, 3.8) is 0 Å². The van der Waals surface area contributed by atoms with Gasteiger partial charge in [-0.05, 0) is 58.6 Å². The van der Waals surface area contributed by atoms with Gasteiger partial charge in [0, 0.05) is 65.2 Å². The lowest BCUT2D eigenvalue weighted by atomic mass is 9.92. The van der Waals surface area contributed by atoms with Gasteiger partial charge in [0.2, 0.25) is 0 Å². The molecule has 1 unspecified atom stereocenters. The molecule has 1 aromatic carbocycles. The van der Waals surface area contributed by atoms with Crippen LogP contribution < -0.4 is 10.3 Å². The number of fused-ring (bicyclic) bond motifs is 2. The van der Waals surface area contributed by atoms with E-state index in [2.05, 4.69) is 45.9 Å². The van der Waals surface area contributed by atoms with Crippen LogP contribution in [0.2, 0.25) is 0 Å². The highest BCUT2D eigenvalue weighted by atomic mass is 16.5. The van der Waals surface area contributed by atoms with E-state index in [1.807, 2.05) is 31.3 Å². The standard InChI is InChI=1S/C29H34N4O3/c1-17-14-26(36-5)23(29(35)31-17)11-12-25(34)28-20(4)33(24-9-7-6-8-22(24)28)19(3)21-10-13-27-30-15-18(2)32(27)16-21/h6-9,14-15,19,21H,10-13,16H2,1-5H3,(H,31,35)/t19-,21?/m1/s1. The molecule has 7 nitrogen and oxygen atoms in total. The normalized spacial score (nSPS) is 16.2. The number of aromatic amines is 1. The number of hydrogen-bond donors (Lipinski definition) is 1. The minimum atomic E-state index is -0.195. The smallest absolute Gasteiger partial charge is 0.255 e. The third-order valence-corrected chi connectivity index (χ3v) is 7.87. The van der Waals surface area contributed by atoms with E-state index in [4.69, 9.17) is 4.74 Å². The van der Waals surface area contributed by atoms with Crippen molar-refractivity contribution in [2.45, 2.75) is 66.0 Å². The van der Waals surface area contributed by atoms with Crippen LogP contribution >= 0.6 is 0 Å². The number of carbonyl (C=O) groups is 1. The number of rotatable bonds is 7. The van der Waals surface area contributed by atoms with Crippen molar-refractivity contribution in [1.82, 2.24) is 19.1 Å². The van der Waals surface area contributed by atoms with Gasteiger partial charge >= 0.3 is 0 Å². The maximum atomic E-state index is 13.6. The first-order valence-corrected chi connectivity index (χ1v) is 12.7. The maximum Gasteiger partial charge on any atom is 0.255 e. The molecule has 4 heterocycles. The average Bonchev–Trinajstić information content (AvgIpc) is 3.38. The number of methoxy groups -OCH3 is 1. The fourth-order valence-corrected chi connectivity index (χ4v) is 5.94. The van der Waals surface area contributed by atoms with Crippen molar-refractivity contribution in [2.75, 3.05) is 7.11 Å². The predicted molar refractivity (Wildman–Crippen MR) is 141 cm³/mol. The van der Waals surface area contributed by atoms with Crippen LogP contribution in [-0.2, 0) is 19.4 Å². The maximum absolute atomic E-state index is 13.6. The second kappa shape index (κ2) is 9.45. The summed E-state index contributed by atoms with van der Waals surface area (Å²) in [7, 11) is 1.55. The Morgan fingerprint density at radius 3 is 2.81 bits per heavy atom. The van der Waals surface area contributed by atoms with Gasteiger partial charge in [-0.2, -0.15) is 0 Å². The summed E-state index contributed by atoms with van der Waals surface area (Å²) in [5.74, 6) is 2.19. The number of hydrogen-bond acceptors (Lipinski definition) is 4. The summed E-state index contributed by atoms with van der Waals surface area (Å²) in [4.78, 5) is 33.6. The van der Waals surface area contributed by atoms with Gasteiger partial charge in [0.15, 0.2) is 5.78 Å². The highest BCUT2D eigenvalue weighted by Gasteiger charge is 2.30. The number of aromatic nitrogens is 4. The van der Waals surface area contributed by atoms with E-state index in [0.29, 0.717) is 23.7 Å². The van der Waals surface area contributed by atoms with Crippen molar-refractivity contribution >= 4 is 16.7 Å². The molecule has 1 N–H and O–H groups in total. The third-order valence-electron chi connectivity index (χ3n) is 7.87. The molecule has 0 saturated heterocycles. The molecule has 4 aromatic rings. The number of pyridine rings is 1. The lowest BCUT2D eigenvalue weighted by Gasteiger charge is -2.32. The number of nitrogens with zero attached hydrogens (tertiary/aromatic N) is 3. The number of H-pyrrole nitrogens is 1. The zero-order chi connectivity index (χ0) is 25.6. The molecule has 3 aromatic heterocycles. The largest absolute Gasteiger partial charge is 0.496 e. The van der Waals surface area contributed by atoms with Crippen LogP contribution in [0.4, 0.5) is 0 Å². The Morgan fingerprint density at radius 2 is 2.03 bits per heavy atom. The fourth-order valence-electron chi connectivity index (χ4n) is 5.94. The number of ether oxygens (including phenoxy) is 1. The van der Waals surface area contributed by atoms with E-state index >= 15 is 0 Å². The molecule has 0 saturated carbocycles. The van der Waals surface area contributed by atoms with Crippen LogP contribution in [0.5, 0.6) is 5.75 Å². The van der Waals surface area contributed by atoms with Gasteiger partial charge in [-0.1, -0.05) is 18.2 Å². The van der Waals surface area contributed by atoms with Gasteiger partial charge in [-0.3, -0.25) is 9.59 Å². The Kier molecular flexibility index (Phi) is 6.33. The first-order chi connectivity index (χ1) is 17.3. The van der Waals surface area contributed by atoms with E-state index in [1.165, 1.54) is 11.5 Å². The lowest BCUT2D eigenvalue weighted by molar-refractivity contribution is 0.0983. The van der Waals surface area contributed by atoms with Gasteiger partial charge in [-0.25, -0.2) is 4.98 Å². The minimum Gasteiger partial charge on any atom is -0.496 e. The molecular formula is C29H34N4O3. The highest BCUT2D eigenvalue weighted by molar-refractivity contribution is 6.09. The first-order valence-electron chi connectivity index (χ1n) is 12.7. The molecule has 0 aliphatic carbocycles. The number of Topliss-reactive ketones (excluding diaryl/α,β-unsaturated/α-hetero) is 1. The first kappa shape index (κ1) is 24.1. The average molecular weight is 487 g/mol.